The van der Waals surface area contributed by atoms with Crippen LogP contribution < -0.4 is 28.7 Å². The van der Waals surface area contributed by atoms with Crippen LogP contribution in [0.2, 0.25) is 0 Å². The van der Waals surface area contributed by atoms with E-state index >= 15 is 0 Å². The fourth-order valence-electron chi connectivity index (χ4n) is 8.23. The Kier molecular flexibility index (Phi) is 10.7. The van der Waals surface area contributed by atoms with Gasteiger partial charge in [0.25, 0.3) is 11.8 Å². The molecule has 4 aliphatic heterocycles. The molecular formula is C44H47N4O7P. The van der Waals surface area contributed by atoms with E-state index in [-0.39, 0.29) is 23.9 Å². The van der Waals surface area contributed by atoms with E-state index in [1.54, 1.807) is 38.5 Å². The minimum atomic E-state index is -2.53. The fourth-order valence-corrected chi connectivity index (χ4v) is 11.2. The molecule has 0 bridgehead atoms. The van der Waals surface area contributed by atoms with E-state index in [1.807, 2.05) is 58.6 Å². The number of amides is 2. The molecule has 0 aliphatic carbocycles. The minimum absolute atomic E-state index is 0.117. The average molecular weight is 775 g/mol. The molecule has 0 radical (unpaired) electrons. The van der Waals surface area contributed by atoms with Crippen molar-refractivity contribution in [3.63, 3.8) is 0 Å². The molecule has 4 aromatic rings. The zero-order chi connectivity index (χ0) is 38.8. The van der Waals surface area contributed by atoms with Crippen LogP contribution in [0.5, 0.6) is 23.0 Å². The fraction of sp³-hybridized carbons (Fsp3) is 0.364. The number of aliphatic imine (C=N–C) groups is 2. The molecule has 2 amide bonds. The number of fused-ring (bicyclic) bond motifs is 8. The third-order valence-corrected chi connectivity index (χ3v) is 14.5. The number of carbonyl (C=O) groups excluding carboxylic acids is 2. The number of rotatable bonds is 15. The molecule has 4 aromatic carbocycles. The van der Waals surface area contributed by atoms with Gasteiger partial charge in [0.1, 0.15) is 0 Å². The lowest BCUT2D eigenvalue weighted by Gasteiger charge is -2.22. The van der Waals surface area contributed by atoms with Crippen molar-refractivity contribution in [3.8, 4) is 23.0 Å². The summed E-state index contributed by atoms with van der Waals surface area (Å²) in [5.74, 6) is 1.68. The van der Waals surface area contributed by atoms with Crippen LogP contribution in [0.1, 0.15) is 64.4 Å². The van der Waals surface area contributed by atoms with Crippen molar-refractivity contribution >= 4 is 54.1 Å². The van der Waals surface area contributed by atoms with E-state index in [0.717, 1.165) is 48.2 Å². The Morgan fingerprint density at radius 2 is 1.09 bits per heavy atom. The second kappa shape index (κ2) is 16.0. The Morgan fingerprint density at radius 1 is 0.643 bits per heavy atom. The first-order valence-corrected chi connectivity index (χ1v) is 21.7. The van der Waals surface area contributed by atoms with Crippen molar-refractivity contribution in [2.45, 2.75) is 57.5 Å². The molecule has 0 N–H and O–H groups in total. The number of unbranched alkanes of at least 4 members (excludes halogenated alkanes) is 1. The van der Waals surface area contributed by atoms with Gasteiger partial charge in [0.05, 0.1) is 69.2 Å². The highest BCUT2D eigenvalue weighted by molar-refractivity contribution is 7.63. The Labute approximate surface area is 327 Å². The number of benzene rings is 4. The lowest BCUT2D eigenvalue weighted by atomic mass is 10.1. The summed E-state index contributed by atoms with van der Waals surface area (Å²) in [4.78, 5) is 40.6. The normalized spacial score (nSPS) is 17.6. The number of hydrogen-bond donors (Lipinski definition) is 0. The summed E-state index contributed by atoms with van der Waals surface area (Å²) in [7, 11) is 0.592. The Morgan fingerprint density at radius 3 is 1.54 bits per heavy atom. The molecule has 0 fully saturated rings. The van der Waals surface area contributed by atoms with Gasteiger partial charge in [-0.25, -0.2) is 0 Å². The summed E-state index contributed by atoms with van der Waals surface area (Å²) >= 11 is 0. The number of anilines is 2. The van der Waals surface area contributed by atoms with Gasteiger partial charge in [-0.1, -0.05) is 49.7 Å². The van der Waals surface area contributed by atoms with Crippen LogP contribution >= 0.6 is 7.14 Å². The van der Waals surface area contributed by atoms with Crippen LogP contribution in [0.25, 0.3) is 0 Å². The van der Waals surface area contributed by atoms with Crippen molar-refractivity contribution < 1.29 is 33.1 Å². The zero-order valence-corrected chi connectivity index (χ0v) is 33.0. The molecule has 0 saturated heterocycles. The highest BCUT2D eigenvalue weighted by atomic mass is 31.2. The monoisotopic (exact) mass is 774 g/mol. The lowest BCUT2D eigenvalue weighted by Crippen LogP contribution is -2.37. The molecule has 0 saturated carbocycles. The lowest BCUT2D eigenvalue weighted by molar-refractivity contribution is 0.0978. The minimum Gasteiger partial charge on any atom is -0.493 e. The predicted molar refractivity (Wildman–Crippen MR) is 221 cm³/mol. The maximum atomic E-state index is 14.3. The largest absolute Gasteiger partial charge is 0.493 e. The van der Waals surface area contributed by atoms with Gasteiger partial charge in [0.15, 0.2) is 23.0 Å². The van der Waals surface area contributed by atoms with E-state index in [0.29, 0.717) is 90.0 Å². The van der Waals surface area contributed by atoms with Crippen LogP contribution in [0, 0.1) is 0 Å². The molecule has 8 rings (SSSR count). The SMILES string of the molecule is CCCCP(=O)(CCCOc1cc2c(cc1OC)C(=O)N1c3ccccc3C[C@H]1C=N2)CCCOc1cc2c(cc1OC)C(=O)N1c3ccccc3C[C@H]1C=N2. The summed E-state index contributed by atoms with van der Waals surface area (Å²) in [6.07, 6.45) is 9.94. The highest BCUT2D eigenvalue weighted by Gasteiger charge is 2.38. The predicted octanol–water partition coefficient (Wildman–Crippen LogP) is 8.68. The molecule has 0 aromatic heterocycles. The third kappa shape index (κ3) is 7.20. The van der Waals surface area contributed by atoms with Gasteiger partial charge in [-0.3, -0.25) is 29.4 Å². The van der Waals surface area contributed by atoms with Crippen molar-refractivity contribution in [1.82, 2.24) is 0 Å². The molecule has 2 atom stereocenters. The molecule has 0 spiro atoms. The first kappa shape index (κ1) is 37.5. The summed E-state index contributed by atoms with van der Waals surface area (Å²) in [5.41, 5.74) is 6.09. The average Bonchev–Trinajstić information content (AvgIpc) is 3.71. The van der Waals surface area contributed by atoms with E-state index < -0.39 is 7.14 Å². The molecule has 4 heterocycles. The molecule has 56 heavy (non-hydrogen) atoms. The van der Waals surface area contributed by atoms with Crippen LogP contribution in [0.3, 0.4) is 0 Å². The van der Waals surface area contributed by atoms with Gasteiger partial charge in [0.2, 0.25) is 0 Å². The first-order valence-electron chi connectivity index (χ1n) is 19.5. The number of para-hydroxylation sites is 2. The number of carbonyl (C=O) groups is 2. The Hall–Kier alpha value is -5.41. The summed E-state index contributed by atoms with van der Waals surface area (Å²) < 4.78 is 38.0. The van der Waals surface area contributed by atoms with Crippen molar-refractivity contribution in [1.29, 1.82) is 0 Å². The van der Waals surface area contributed by atoms with Gasteiger partial charge in [0, 0.05) is 67.3 Å². The summed E-state index contributed by atoms with van der Waals surface area (Å²) in [6, 6.07) is 22.6. The molecule has 290 valence electrons. The van der Waals surface area contributed by atoms with Gasteiger partial charge in [-0.15, -0.1) is 0 Å². The summed E-state index contributed by atoms with van der Waals surface area (Å²) in [6.45, 7) is 2.80. The van der Waals surface area contributed by atoms with Crippen molar-refractivity contribution in [2.24, 2.45) is 9.98 Å². The summed E-state index contributed by atoms with van der Waals surface area (Å²) in [5, 5.41) is 0. The number of nitrogens with zero attached hydrogens (tertiary/aromatic N) is 4. The van der Waals surface area contributed by atoms with Crippen LogP contribution in [0.15, 0.2) is 82.8 Å². The topological polar surface area (TPSA) is 119 Å². The second-order valence-corrected chi connectivity index (χ2v) is 18.2. The zero-order valence-electron chi connectivity index (χ0n) is 32.1. The molecule has 4 aliphatic rings. The van der Waals surface area contributed by atoms with Crippen molar-refractivity contribution in [2.75, 3.05) is 55.7 Å². The third-order valence-electron chi connectivity index (χ3n) is 11.1. The number of ether oxygens (including phenoxy) is 4. The highest BCUT2D eigenvalue weighted by Crippen LogP contribution is 2.48. The van der Waals surface area contributed by atoms with E-state index in [1.165, 1.54) is 0 Å². The van der Waals surface area contributed by atoms with Crippen LogP contribution in [0.4, 0.5) is 22.7 Å². The van der Waals surface area contributed by atoms with Crippen LogP contribution in [-0.4, -0.2) is 82.2 Å². The van der Waals surface area contributed by atoms with E-state index in [4.69, 9.17) is 28.9 Å². The number of methoxy groups -OCH3 is 2. The molecule has 12 heteroatoms. The van der Waals surface area contributed by atoms with Gasteiger partial charge in [-0.2, -0.15) is 0 Å². The maximum Gasteiger partial charge on any atom is 0.261 e. The van der Waals surface area contributed by atoms with Crippen LogP contribution in [-0.2, 0) is 17.4 Å². The standard InChI is InChI=1S/C44H47N4O7P/c1-4-5-18-56(51,19-10-16-54-41-25-35-33(23-39(41)52-2)43(49)47-31(27-45-35)21-29-12-6-8-14-37(29)47)20-11-17-55-42-26-36-34(24-40(42)53-3)44(50)48-32(28-46-36)22-30-13-7-9-15-38(30)48/h6-9,12-15,23-28,31-32H,4-5,10-11,16-22H2,1-3H3/t31-,32-/m0/s1. The Balaban J connectivity index is 0.882. The quantitative estimate of drug-likeness (QED) is 0.0876. The van der Waals surface area contributed by atoms with Gasteiger partial charge >= 0.3 is 0 Å². The Bertz CT molecular complexity index is 2120. The smallest absolute Gasteiger partial charge is 0.261 e. The molecular weight excluding hydrogens is 727 g/mol. The van der Waals surface area contributed by atoms with E-state index in [9.17, 15) is 14.2 Å². The molecule has 0 unspecified atom stereocenters. The molecule has 11 nitrogen and oxygen atoms in total. The number of hydrogen-bond acceptors (Lipinski definition) is 9. The first-order chi connectivity index (χ1) is 27.3. The maximum absolute atomic E-state index is 14.3. The van der Waals surface area contributed by atoms with Gasteiger partial charge < -0.3 is 23.5 Å². The second-order valence-electron chi connectivity index (χ2n) is 14.7. The van der Waals surface area contributed by atoms with Gasteiger partial charge in [-0.05, 0) is 54.7 Å². The van der Waals surface area contributed by atoms with E-state index in [2.05, 4.69) is 19.1 Å². The van der Waals surface area contributed by atoms with Crippen molar-refractivity contribution in [3.05, 3.63) is 95.1 Å².